The lowest BCUT2D eigenvalue weighted by molar-refractivity contribution is -0.116. The number of amides is 1. The van der Waals surface area contributed by atoms with Crippen LogP contribution in [0.2, 0.25) is 0 Å². The second kappa shape index (κ2) is 8.10. The zero-order valence-electron chi connectivity index (χ0n) is 17.8. The molecule has 0 unspecified atom stereocenters. The fourth-order valence-corrected chi connectivity index (χ4v) is 3.77. The van der Waals surface area contributed by atoms with E-state index in [1.54, 1.807) is 10.9 Å². The maximum Gasteiger partial charge on any atom is 0.247 e. The van der Waals surface area contributed by atoms with E-state index in [1.165, 1.54) is 5.56 Å². The summed E-state index contributed by atoms with van der Waals surface area (Å²) in [5, 5.41) is 12.9. The van der Waals surface area contributed by atoms with Crippen LogP contribution in [0.25, 0.3) is 22.2 Å². The summed E-state index contributed by atoms with van der Waals surface area (Å²) in [5.74, 6) is 0.385. The Bertz CT molecular complexity index is 1220. The Morgan fingerprint density at radius 2 is 1.90 bits per heavy atom. The molecule has 154 valence electrons. The number of hydrogen-bond donors (Lipinski definition) is 1. The van der Waals surface area contributed by atoms with Crippen molar-refractivity contribution >= 4 is 22.8 Å². The van der Waals surface area contributed by atoms with Gasteiger partial charge in [0.1, 0.15) is 6.54 Å². The molecule has 0 fully saturated rings. The van der Waals surface area contributed by atoms with Crippen molar-refractivity contribution in [2.45, 2.75) is 47.2 Å². The maximum absolute atomic E-state index is 12.7. The summed E-state index contributed by atoms with van der Waals surface area (Å²) in [4.78, 5) is 17.2. The Morgan fingerprint density at radius 3 is 2.67 bits per heavy atom. The van der Waals surface area contributed by atoms with Crippen LogP contribution in [-0.4, -0.2) is 30.5 Å². The third-order valence-electron chi connectivity index (χ3n) is 5.11. The van der Waals surface area contributed by atoms with E-state index < -0.39 is 0 Å². The number of carbonyl (C=O) groups is 1. The number of aryl methyl sites for hydroxylation is 4. The Labute approximate surface area is 175 Å². The van der Waals surface area contributed by atoms with E-state index in [0.717, 1.165) is 40.9 Å². The lowest BCUT2D eigenvalue weighted by Gasteiger charge is -2.06. The molecule has 4 aromatic rings. The fourth-order valence-electron chi connectivity index (χ4n) is 3.77. The molecular formula is C23H26N6O. The Balaban J connectivity index is 1.62. The van der Waals surface area contributed by atoms with Gasteiger partial charge in [-0.2, -0.15) is 10.2 Å². The molecule has 3 heterocycles. The van der Waals surface area contributed by atoms with Crippen LogP contribution in [0.15, 0.2) is 42.6 Å². The number of benzene rings is 1. The number of anilines is 1. The summed E-state index contributed by atoms with van der Waals surface area (Å²) in [7, 11) is 0. The molecule has 7 heteroatoms. The normalized spacial score (nSPS) is 11.2. The zero-order valence-corrected chi connectivity index (χ0v) is 17.8. The van der Waals surface area contributed by atoms with Crippen LogP contribution in [0.3, 0.4) is 0 Å². The Kier molecular flexibility index (Phi) is 5.35. The predicted octanol–water partition coefficient (Wildman–Crippen LogP) is 4.27. The van der Waals surface area contributed by atoms with Gasteiger partial charge in [0.05, 0.1) is 5.69 Å². The third-order valence-corrected chi connectivity index (χ3v) is 5.11. The third kappa shape index (κ3) is 3.83. The highest BCUT2D eigenvalue weighted by Gasteiger charge is 2.16. The van der Waals surface area contributed by atoms with E-state index >= 15 is 0 Å². The van der Waals surface area contributed by atoms with Crippen LogP contribution in [0.1, 0.15) is 30.3 Å². The van der Waals surface area contributed by atoms with Crippen LogP contribution < -0.4 is 5.32 Å². The second-order valence-electron chi connectivity index (χ2n) is 7.61. The van der Waals surface area contributed by atoms with Gasteiger partial charge in [-0.15, -0.1) is 0 Å². The minimum atomic E-state index is -0.177. The van der Waals surface area contributed by atoms with Crippen molar-refractivity contribution in [2.75, 3.05) is 5.32 Å². The molecule has 1 aromatic carbocycles. The summed E-state index contributed by atoms with van der Waals surface area (Å²) < 4.78 is 3.56. The van der Waals surface area contributed by atoms with Gasteiger partial charge in [-0.05, 0) is 44.4 Å². The number of aromatic nitrogens is 5. The molecule has 3 aromatic heterocycles. The summed E-state index contributed by atoms with van der Waals surface area (Å²) in [6, 6.07) is 12.2. The summed E-state index contributed by atoms with van der Waals surface area (Å²) in [6.45, 7) is 9.02. The molecule has 1 N–H and O–H groups in total. The number of nitrogens with one attached hydrogen (secondary N) is 1. The Morgan fingerprint density at radius 1 is 1.07 bits per heavy atom. The SMILES string of the molecule is CCCn1nc(NC(=O)Cn2nc(C)c3c(-c4cccc(C)c4)ccnc32)cc1C. The number of pyridine rings is 1. The maximum atomic E-state index is 12.7. The molecule has 0 aliphatic heterocycles. The van der Waals surface area contributed by atoms with Crippen molar-refractivity contribution < 1.29 is 4.79 Å². The van der Waals surface area contributed by atoms with Crippen LogP contribution in [-0.2, 0) is 17.9 Å². The molecular weight excluding hydrogens is 376 g/mol. The average Bonchev–Trinajstić information content (AvgIpc) is 3.21. The number of carbonyl (C=O) groups excluding carboxylic acids is 1. The number of nitrogens with zero attached hydrogens (tertiary/aromatic N) is 5. The number of hydrogen-bond acceptors (Lipinski definition) is 4. The summed E-state index contributed by atoms with van der Waals surface area (Å²) in [5.41, 5.74) is 5.96. The van der Waals surface area contributed by atoms with Gasteiger partial charge in [0, 0.05) is 29.9 Å². The van der Waals surface area contributed by atoms with Crippen molar-refractivity contribution in [1.29, 1.82) is 0 Å². The quantitative estimate of drug-likeness (QED) is 0.522. The lowest BCUT2D eigenvalue weighted by atomic mass is 10.0. The van der Waals surface area contributed by atoms with Crippen molar-refractivity contribution in [2.24, 2.45) is 0 Å². The molecule has 0 saturated carbocycles. The molecule has 0 spiro atoms. The lowest BCUT2D eigenvalue weighted by Crippen LogP contribution is -2.20. The van der Waals surface area contributed by atoms with Gasteiger partial charge in [-0.3, -0.25) is 9.48 Å². The molecule has 4 rings (SSSR count). The molecule has 1 amide bonds. The van der Waals surface area contributed by atoms with Gasteiger partial charge in [0.25, 0.3) is 0 Å². The van der Waals surface area contributed by atoms with E-state index in [1.807, 2.05) is 36.7 Å². The molecule has 0 aliphatic rings. The van der Waals surface area contributed by atoms with Gasteiger partial charge in [0.2, 0.25) is 5.91 Å². The van der Waals surface area contributed by atoms with E-state index in [-0.39, 0.29) is 12.5 Å². The highest BCUT2D eigenvalue weighted by atomic mass is 16.2. The standard InChI is InChI=1S/C23H26N6O/c1-5-11-28-16(3)13-20(27-28)25-21(30)14-29-23-22(17(4)26-29)19(9-10-24-23)18-8-6-7-15(2)12-18/h6-10,12-13H,5,11,14H2,1-4H3,(H,25,27,30). The van der Waals surface area contributed by atoms with Gasteiger partial charge in [-0.1, -0.05) is 36.8 Å². The first-order valence-corrected chi connectivity index (χ1v) is 10.2. The van der Waals surface area contributed by atoms with Gasteiger partial charge < -0.3 is 5.32 Å². The van der Waals surface area contributed by atoms with Crippen LogP contribution in [0.4, 0.5) is 5.82 Å². The number of fused-ring (bicyclic) bond motifs is 1. The van der Waals surface area contributed by atoms with Crippen molar-refractivity contribution in [1.82, 2.24) is 24.5 Å². The van der Waals surface area contributed by atoms with Crippen molar-refractivity contribution in [3.8, 4) is 11.1 Å². The first kappa shape index (κ1) is 19.8. The first-order valence-electron chi connectivity index (χ1n) is 10.2. The largest absolute Gasteiger partial charge is 0.308 e. The van der Waals surface area contributed by atoms with Gasteiger partial charge >= 0.3 is 0 Å². The van der Waals surface area contributed by atoms with Gasteiger partial charge in [0.15, 0.2) is 11.5 Å². The van der Waals surface area contributed by atoms with E-state index in [4.69, 9.17) is 0 Å². The first-order chi connectivity index (χ1) is 14.5. The summed E-state index contributed by atoms with van der Waals surface area (Å²) >= 11 is 0. The smallest absolute Gasteiger partial charge is 0.247 e. The molecule has 0 saturated heterocycles. The number of rotatable bonds is 6. The fraction of sp³-hybridized carbons (Fsp3) is 0.304. The zero-order chi connectivity index (χ0) is 21.3. The van der Waals surface area contributed by atoms with Gasteiger partial charge in [-0.25, -0.2) is 9.67 Å². The van der Waals surface area contributed by atoms with Crippen molar-refractivity contribution in [3.05, 3.63) is 59.5 Å². The van der Waals surface area contributed by atoms with E-state index in [0.29, 0.717) is 11.5 Å². The molecule has 7 nitrogen and oxygen atoms in total. The highest BCUT2D eigenvalue weighted by Crippen LogP contribution is 2.30. The van der Waals surface area contributed by atoms with Crippen molar-refractivity contribution in [3.63, 3.8) is 0 Å². The minimum absolute atomic E-state index is 0.0777. The summed E-state index contributed by atoms with van der Waals surface area (Å²) in [6.07, 6.45) is 2.76. The highest BCUT2D eigenvalue weighted by molar-refractivity contribution is 5.96. The predicted molar refractivity (Wildman–Crippen MR) is 118 cm³/mol. The molecule has 0 radical (unpaired) electrons. The van der Waals surface area contributed by atoms with Crippen LogP contribution in [0.5, 0.6) is 0 Å². The molecule has 0 aliphatic carbocycles. The molecule has 0 atom stereocenters. The van der Waals surface area contributed by atoms with Crippen LogP contribution >= 0.6 is 0 Å². The van der Waals surface area contributed by atoms with Crippen LogP contribution in [0, 0.1) is 20.8 Å². The monoisotopic (exact) mass is 402 g/mol. The van der Waals surface area contributed by atoms with E-state index in [2.05, 4.69) is 52.5 Å². The Hall–Kier alpha value is -3.48. The minimum Gasteiger partial charge on any atom is -0.308 e. The van der Waals surface area contributed by atoms with E-state index in [9.17, 15) is 4.79 Å². The topological polar surface area (TPSA) is 77.6 Å². The second-order valence-corrected chi connectivity index (χ2v) is 7.61. The molecule has 30 heavy (non-hydrogen) atoms. The average molecular weight is 403 g/mol. The molecule has 0 bridgehead atoms.